The molecule has 2 rings (SSSR count). The molecular formula is C40H68N4O8. The van der Waals surface area contributed by atoms with E-state index in [2.05, 4.69) is 73.3 Å². The summed E-state index contributed by atoms with van der Waals surface area (Å²) < 4.78 is 21.9. The first kappa shape index (κ1) is 45.1. The third-order valence-electron chi connectivity index (χ3n) is 10.2. The fourth-order valence-electron chi connectivity index (χ4n) is 7.28. The third-order valence-corrected chi connectivity index (χ3v) is 10.2. The van der Waals surface area contributed by atoms with Crippen LogP contribution in [-0.2, 0) is 38.1 Å². The Morgan fingerprint density at radius 1 is 0.577 bits per heavy atom. The number of ether oxygens (including phenoxy) is 4. The molecule has 1 unspecified atom stereocenters. The minimum Gasteiger partial charge on any atom is -0.468 e. The van der Waals surface area contributed by atoms with Gasteiger partial charge in [-0.15, -0.1) is 0 Å². The van der Waals surface area contributed by atoms with E-state index in [1.807, 2.05) is 12.1 Å². The lowest BCUT2D eigenvalue weighted by atomic mass is 9.95. The van der Waals surface area contributed by atoms with Crippen LogP contribution >= 0.6 is 0 Å². The smallest absolute Gasteiger partial charge is 0.327 e. The molecule has 0 N–H and O–H groups in total. The lowest BCUT2D eigenvalue weighted by Gasteiger charge is -2.47. The summed E-state index contributed by atoms with van der Waals surface area (Å²) in [4.78, 5) is 62.1. The largest absolute Gasteiger partial charge is 0.468 e. The molecule has 1 aliphatic heterocycles. The van der Waals surface area contributed by atoms with Crippen LogP contribution in [0.5, 0.6) is 0 Å². The zero-order chi connectivity index (χ0) is 38.8. The molecule has 0 spiro atoms. The summed E-state index contributed by atoms with van der Waals surface area (Å²) in [6, 6.07) is 6.82. The number of carbonyl (C=O) groups excluding carboxylic acids is 4. The van der Waals surface area contributed by atoms with Crippen molar-refractivity contribution in [1.82, 2.24) is 19.6 Å². The standard InChI is InChI=1S/C40H68N4O8/c1-11-32-23-42(27-37(46)51-16-6)34(13-3)25-44(39(40(48)49-10)31-20-18-30(19-21-31)29(8)9)35(14-4)24-43(28-38(47)52-17-7)33(12-2)22-41(32)26-36(45)50-15-5/h18-21,29,32-35,39H,11-17,22-28H2,1-10H3/t32-,33-,34-,35-,39?/m1/s1. The molecule has 1 heterocycles. The first-order valence-electron chi connectivity index (χ1n) is 19.5. The first-order valence-corrected chi connectivity index (χ1v) is 19.5. The van der Waals surface area contributed by atoms with Gasteiger partial charge in [0, 0.05) is 50.3 Å². The monoisotopic (exact) mass is 733 g/mol. The summed E-state index contributed by atoms with van der Waals surface area (Å²) in [7, 11) is 1.42. The van der Waals surface area contributed by atoms with Gasteiger partial charge in [0.1, 0.15) is 6.04 Å². The van der Waals surface area contributed by atoms with Crippen LogP contribution in [0.1, 0.15) is 111 Å². The van der Waals surface area contributed by atoms with Gasteiger partial charge in [0.25, 0.3) is 0 Å². The molecule has 5 atom stereocenters. The van der Waals surface area contributed by atoms with Gasteiger partial charge in [-0.3, -0.25) is 34.0 Å². The van der Waals surface area contributed by atoms with E-state index in [0.717, 1.165) is 5.56 Å². The van der Waals surface area contributed by atoms with Crippen molar-refractivity contribution in [3.63, 3.8) is 0 Å². The molecule has 1 aromatic carbocycles. The van der Waals surface area contributed by atoms with E-state index in [9.17, 15) is 19.2 Å². The van der Waals surface area contributed by atoms with Gasteiger partial charge in [0.05, 0.1) is 46.6 Å². The number of methoxy groups -OCH3 is 1. The molecular weight excluding hydrogens is 664 g/mol. The van der Waals surface area contributed by atoms with E-state index >= 15 is 0 Å². The Balaban J connectivity index is 2.88. The van der Waals surface area contributed by atoms with Crippen molar-refractivity contribution in [2.75, 3.05) is 72.7 Å². The Labute approximate surface area is 313 Å². The predicted molar refractivity (Wildman–Crippen MR) is 203 cm³/mol. The van der Waals surface area contributed by atoms with E-state index in [4.69, 9.17) is 18.9 Å². The van der Waals surface area contributed by atoms with Crippen LogP contribution in [-0.4, -0.2) is 140 Å². The minimum atomic E-state index is -0.732. The SMILES string of the molecule is CCOC(=O)CN1C[C@@H](CC)N(CC(=O)OCC)C[C@@H](CC)N(C(C(=O)OC)c2ccc(C(C)C)cc2)C[C@@H](CC)N(CC(=O)OCC)C[C@H]1CC. The van der Waals surface area contributed by atoms with Crippen LogP contribution in [0, 0.1) is 0 Å². The highest BCUT2D eigenvalue weighted by Crippen LogP contribution is 2.30. The highest BCUT2D eigenvalue weighted by atomic mass is 16.5. The van der Waals surface area contributed by atoms with Gasteiger partial charge in [-0.25, -0.2) is 4.79 Å². The highest BCUT2D eigenvalue weighted by Gasteiger charge is 2.39. The summed E-state index contributed by atoms with van der Waals surface area (Å²) in [5.41, 5.74) is 1.99. The van der Waals surface area contributed by atoms with E-state index < -0.39 is 6.04 Å². The average Bonchev–Trinajstić information content (AvgIpc) is 3.12. The fraction of sp³-hybridized carbons (Fsp3) is 0.750. The number of hydrogen-bond donors (Lipinski definition) is 0. The summed E-state index contributed by atoms with van der Waals surface area (Å²) in [6.45, 7) is 21.0. The van der Waals surface area contributed by atoms with E-state index in [0.29, 0.717) is 57.8 Å². The average molecular weight is 733 g/mol. The number of hydrogen-bond acceptors (Lipinski definition) is 12. The molecule has 12 nitrogen and oxygen atoms in total. The molecule has 12 heteroatoms. The van der Waals surface area contributed by atoms with E-state index in [-0.39, 0.29) is 87.5 Å². The van der Waals surface area contributed by atoms with Gasteiger partial charge in [-0.2, -0.15) is 0 Å². The van der Waals surface area contributed by atoms with Gasteiger partial charge < -0.3 is 18.9 Å². The van der Waals surface area contributed by atoms with E-state index in [1.54, 1.807) is 20.8 Å². The van der Waals surface area contributed by atoms with Crippen molar-refractivity contribution in [1.29, 1.82) is 0 Å². The van der Waals surface area contributed by atoms with Gasteiger partial charge >= 0.3 is 23.9 Å². The van der Waals surface area contributed by atoms with E-state index in [1.165, 1.54) is 12.7 Å². The molecule has 1 aliphatic rings. The molecule has 0 amide bonds. The molecule has 1 saturated heterocycles. The number of nitrogens with zero attached hydrogens (tertiary/aromatic N) is 4. The Morgan fingerprint density at radius 2 is 0.923 bits per heavy atom. The maximum Gasteiger partial charge on any atom is 0.327 e. The zero-order valence-corrected chi connectivity index (χ0v) is 33.7. The molecule has 1 fully saturated rings. The van der Waals surface area contributed by atoms with Gasteiger partial charge in [0.15, 0.2) is 0 Å². The van der Waals surface area contributed by atoms with Crippen molar-refractivity contribution in [3.05, 3.63) is 35.4 Å². The van der Waals surface area contributed by atoms with Crippen molar-refractivity contribution < 1.29 is 38.1 Å². The molecule has 0 aliphatic carbocycles. The van der Waals surface area contributed by atoms with Crippen LogP contribution in [0.2, 0.25) is 0 Å². The van der Waals surface area contributed by atoms with Crippen LogP contribution < -0.4 is 0 Å². The lowest BCUT2D eigenvalue weighted by Crippen LogP contribution is -2.60. The molecule has 1 aromatic rings. The third kappa shape index (κ3) is 13.4. The van der Waals surface area contributed by atoms with Crippen molar-refractivity contribution in [2.45, 2.75) is 124 Å². The summed E-state index contributed by atoms with van der Waals surface area (Å²) in [5, 5.41) is 0. The van der Waals surface area contributed by atoms with Gasteiger partial charge in [-0.05, 0) is 63.5 Å². The van der Waals surface area contributed by atoms with Gasteiger partial charge in [0.2, 0.25) is 0 Å². The Bertz CT molecular complexity index is 1210. The van der Waals surface area contributed by atoms with Crippen molar-refractivity contribution >= 4 is 23.9 Å². The summed E-state index contributed by atoms with van der Waals surface area (Å²) in [6.07, 6.45) is 2.77. The summed E-state index contributed by atoms with van der Waals surface area (Å²) >= 11 is 0. The van der Waals surface area contributed by atoms with Crippen LogP contribution in [0.25, 0.3) is 0 Å². The highest BCUT2D eigenvalue weighted by molar-refractivity contribution is 5.78. The molecule has 0 aromatic heterocycles. The van der Waals surface area contributed by atoms with Crippen LogP contribution in [0.3, 0.4) is 0 Å². The molecule has 0 saturated carbocycles. The number of rotatable bonds is 17. The topological polar surface area (TPSA) is 118 Å². The number of carbonyl (C=O) groups is 4. The maximum absolute atomic E-state index is 14.0. The second-order valence-electron chi connectivity index (χ2n) is 13.9. The minimum absolute atomic E-state index is 0.0683. The quantitative estimate of drug-likeness (QED) is 0.158. The van der Waals surface area contributed by atoms with Crippen molar-refractivity contribution in [2.24, 2.45) is 0 Å². The predicted octanol–water partition coefficient (Wildman–Crippen LogP) is 5.05. The van der Waals surface area contributed by atoms with Crippen molar-refractivity contribution in [3.8, 4) is 0 Å². The number of benzene rings is 1. The fourth-order valence-corrected chi connectivity index (χ4v) is 7.28. The second kappa shape index (κ2) is 23.6. The molecule has 52 heavy (non-hydrogen) atoms. The normalized spacial score (nSPS) is 22.2. The molecule has 0 bridgehead atoms. The molecule has 296 valence electrons. The Morgan fingerprint density at radius 3 is 1.25 bits per heavy atom. The zero-order valence-electron chi connectivity index (χ0n) is 33.7. The second-order valence-corrected chi connectivity index (χ2v) is 13.9. The van der Waals surface area contributed by atoms with Crippen LogP contribution in [0.4, 0.5) is 0 Å². The van der Waals surface area contributed by atoms with Gasteiger partial charge in [-0.1, -0.05) is 65.8 Å². The Kier molecular flexibility index (Phi) is 20.4. The maximum atomic E-state index is 14.0. The summed E-state index contributed by atoms with van der Waals surface area (Å²) in [5.74, 6) is -0.996. The first-order chi connectivity index (χ1) is 24.9. The van der Waals surface area contributed by atoms with Crippen LogP contribution in [0.15, 0.2) is 24.3 Å². The Hall–Kier alpha value is -3.06. The number of esters is 4. The lowest BCUT2D eigenvalue weighted by molar-refractivity contribution is -0.152. The molecule has 0 radical (unpaired) electrons.